The Kier molecular flexibility index (Phi) is 7.12. The highest BCUT2D eigenvalue weighted by Crippen LogP contribution is 2.34. The van der Waals surface area contributed by atoms with Gasteiger partial charge in [-0.1, -0.05) is 0 Å². The number of nitrogens with one attached hydrogen (secondary N) is 1. The number of thiophene rings is 1. The number of ketones is 1. The van der Waals surface area contributed by atoms with Gasteiger partial charge in [-0.15, -0.1) is 11.3 Å². The average molecular weight is 424 g/mol. The molecule has 1 heterocycles. The predicted octanol–water partition coefficient (Wildman–Crippen LogP) is 3.30. The number of methoxy groups -OCH3 is 1. The Morgan fingerprint density at radius 3 is 2.39 bits per heavy atom. The Labute approximate surface area is 151 Å². The van der Waals surface area contributed by atoms with E-state index in [0.717, 1.165) is 9.35 Å². The van der Waals surface area contributed by atoms with Crippen LogP contribution in [0.5, 0.6) is 0 Å². The van der Waals surface area contributed by atoms with Crippen LogP contribution in [0, 0.1) is 0 Å². The third-order valence-electron chi connectivity index (χ3n) is 3.11. The third kappa shape index (κ3) is 6.10. The number of carbonyl (C=O) groups is 2. The highest BCUT2D eigenvalue weighted by Gasteiger charge is 2.36. The van der Waals surface area contributed by atoms with Crippen LogP contribution in [0.2, 0.25) is 0 Å². The Bertz CT molecular complexity index is 609. The van der Waals surface area contributed by atoms with Crippen molar-refractivity contribution in [1.29, 1.82) is 0 Å². The van der Waals surface area contributed by atoms with Crippen molar-refractivity contribution in [2.45, 2.75) is 50.8 Å². The standard InChI is InChI=1S/C15H22BrNO4S2/c1-14(2,3)23(20)17-15(4,12-6-10(16)9-22-12)8-11(18)7-13(19)21-5/h6,9,17H,7-8H2,1-5H3. The predicted molar refractivity (Wildman–Crippen MR) is 96.7 cm³/mol. The van der Waals surface area contributed by atoms with Crippen LogP contribution >= 0.6 is 27.3 Å². The lowest BCUT2D eigenvalue weighted by molar-refractivity contribution is -0.143. The van der Waals surface area contributed by atoms with Crippen molar-refractivity contribution in [1.82, 2.24) is 4.72 Å². The fourth-order valence-electron chi connectivity index (χ4n) is 1.82. The first-order valence-electron chi connectivity index (χ1n) is 7.00. The molecule has 1 aromatic rings. The molecular formula is C15H22BrNO4S2. The first-order valence-corrected chi connectivity index (χ1v) is 9.83. The first-order chi connectivity index (χ1) is 10.5. The summed E-state index contributed by atoms with van der Waals surface area (Å²) in [5, 5.41) is 1.90. The number of rotatable bonds is 7. The van der Waals surface area contributed by atoms with Gasteiger partial charge in [0.25, 0.3) is 0 Å². The number of Topliss-reactive ketones (excluding diaryl/α,β-unsaturated/α-hetero) is 1. The van der Waals surface area contributed by atoms with Crippen molar-refractivity contribution in [2.24, 2.45) is 0 Å². The molecule has 1 rings (SSSR count). The van der Waals surface area contributed by atoms with Crippen LogP contribution in [-0.2, 0) is 30.9 Å². The lowest BCUT2D eigenvalue weighted by Gasteiger charge is -2.32. The molecule has 8 heteroatoms. The molecule has 2 unspecified atom stereocenters. The van der Waals surface area contributed by atoms with Crippen molar-refractivity contribution in [3.8, 4) is 0 Å². The molecule has 1 aromatic heterocycles. The molecule has 2 atom stereocenters. The quantitative estimate of drug-likeness (QED) is 0.539. The average Bonchev–Trinajstić information content (AvgIpc) is 2.84. The van der Waals surface area contributed by atoms with Gasteiger partial charge in [-0.3, -0.25) is 9.59 Å². The summed E-state index contributed by atoms with van der Waals surface area (Å²) in [6, 6.07) is 1.89. The van der Waals surface area contributed by atoms with Gasteiger partial charge in [-0.05, 0) is 49.7 Å². The van der Waals surface area contributed by atoms with Crippen LogP contribution < -0.4 is 4.72 Å². The Hall–Kier alpha value is -0.570. The topological polar surface area (TPSA) is 72.5 Å². The lowest BCUT2D eigenvalue weighted by atomic mass is 9.93. The number of halogens is 1. The molecule has 0 aromatic carbocycles. The SMILES string of the molecule is COC(=O)CC(=O)CC(C)(NS(=O)C(C)(C)C)c1cc(Br)cs1. The van der Waals surface area contributed by atoms with Crippen molar-refractivity contribution >= 4 is 50.0 Å². The number of carbonyl (C=O) groups excluding carboxylic acids is 2. The maximum absolute atomic E-state index is 12.5. The van der Waals surface area contributed by atoms with Crippen LogP contribution in [0.25, 0.3) is 0 Å². The molecule has 130 valence electrons. The number of hydrogen-bond acceptors (Lipinski definition) is 5. The van der Waals surface area contributed by atoms with Crippen LogP contribution in [0.4, 0.5) is 0 Å². The largest absolute Gasteiger partial charge is 0.469 e. The van der Waals surface area contributed by atoms with Gasteiger partial charge in [0.1, 0.15) is 12.2 Å². The van der Waals surface area contributed by atoms with E-state index in [9.17, 15) is 13.8 Å². The second-order valence-electron chi connectivity index (χ2n) is 6.41. The molecule has 0 amide bonds. The lowest BCUT2D eigenvalue weighted by Crippen LogP contribution is -2.47. The molecule has 5 nitrogen and oxygen atoms in total. The van der Waals surface area contributed by atoms with Gasteiger partial charge < -0.3 is 4.74 Å². The smallest absolute Gasteiger partial charge is 0.313 e. The number of hydrogen-bond donors (Lipinski definition) is 1. The highest BCUT2D eigenvalue weighted by molar-refractivity contribution is 9.10. The van der Waals surface area contributed by atoms with Gasteiger partial charge in [0.05, 0.1) is 28.4 Å². The van der Waals surface area contributed by atoms with E-state index in [1.54, 1.807) is 0 Å². The van der Waals surface area contributed by atoms with Gasteiger partial charge in [0, 0.05) is 21.2 Å². The van der Waals surface area contributed by atoms with Gasteiger partial charge >= 0.3 is 5.97 Å². The van der Waals surface area contributed by atoms with E-state index < -0.39 is 27.2 Å². The van der Waals surface area contributed by atoms with E-state index in [1.165, 1.54) is 18.4 Å². The van der Waals surface area contributed by atoms with Gasteiger partial charge in [-0.25, -0.2) is 8.93 Å². The van der Waals surface area contributed by atoms with Gasteiger partial charge in [0.2, 0.25) is 0 Å². The Morgan fingerprint density at radius 2 is 1.96 bits per heavy atom. The summed E-state index contributed by atoms with van der Waals surface area (Å²) in [6.45, 7) is 7.40. The number of esters is 1. The second kappa shape index (κ2) is 8.00. The molecule has 23 heavy (non-hydrogen) atoms. The summed E-state index contributed by atoms with van der Waals surface area (Å²) < 4.78 is 20.5. The van der Waals surface area contributed by atoms with Crippen LogP contribution in [0.3, 0.4) is 0 Å². The maximum atomic E-state index is 12.5. The van der Waals surface area contributed by atoms with E-state index in [2.05, 4.69) is 25.4 Å². The normalized spacial score (nSPS) is 15.7. The summed E-state index contributed by atoms with van der Waals surface area (Å²) >= 11 is 4.86. The number of ether oxygens (including phenoxy) is 1. The van der Waals surface area contributed by atoms with Crippen molar-refractivity contribution in [2.75, 3.05) is 7.11 Å². The minimum atomic E-state index is -1.36. The van der Waals surface area contributed by atoms with Crippen LogP contribution in [0.1, 0.15) is 45.4 Å². The van der Waals surface area contributed by atoms with Crippen LogP contribution in [0.15, 0.2) is 15.9 Å². The fraction of sp³-hybridized carbons (Fsp3) is 0.600. The van der Waals surface area contributed by atoms with Crippen molar-refractivity contribution in [3.05, 3.63) is 20.8 Å². The zero-order valence-electron chi connectivity index (χ0n) is 13.9. The molecule has 0 spiro atoms. The molecule has 0 aliphatic rings. The van der Waals surface area contributed by atoms with Crippen molar-refractivity contribution < 1.29 is 18.5 Å². The monoisotopic (exact) mass is 423 g/mol. The minimum absolute atomic E-state index is 0.0525. The molecular weight excluding hydrogens is 402 g/mol. The minimum Gasteiger partial charge on any atom is -0.469 e. The summed E-state index contributed by atoms with van der Waals surface area (Å²) in [5.41, 5.74) is -0.820. The third-order valence-corrected chi connectivity index (χ3v) is 6.81. The molecule has 1 N–H and O–H groups in total. The van der Waals surface area contributed by atoms with Gasteiger partial charge in [-0.2, -0.15) is 0 Å². The van der Waals surface area contributed by atoms with Gasteiger partial charge in [0.15, 0.2) is 0 Å². The maximum Gasteiger partial charge on any atom is 0.313 e. The zero-order chi connectivity index (χ0) is 17.8. The Balaban J connectivity index is 3.04. The van der Waals surface area contributed by atoms with E-state index in [-0.39, 0.29) is 18.6 Å². The zero-order valence-corrected chi connectivity index (χ0v) is 17.1. The van der Waals surface area contributed by atoms with E-state index in [0.29, 0.717) is 0 Å². The summed E-state index contributed by atoms with van der Waals surface area (Å²) in [4.78, 5) is 24.4. The highest BCUT2D eigenvalue weighted by atomic mass is 79.9. The summed E-state index contributed by atoms with van der Waals surface area (Å²) in [7, 11) is -0.108. The van der Waals surface area contributed by atoms with E-state index in [4.69, 9.17) is 0 Å². The summed E-state index contributed by atoms with van der Waals surface area (Å²) in [5.74, 6) is -0.830. The molecule has 0 aliphatic heterocycles. The fourth-order valence-corrected chi connectivity index (χ4v) is 4.33. The van der Waals surface area contributed by atoms with E-state index >= 15 is 0 Å². The molecule has 0 fully saturated rings. The molecule has 0 radical (unpaired) electrons. The molecule has 0 saturated heterocycles. The van der Waals surface area contributed by atoms with Crippen molar-refractivity contribution in [3.63, 3.8) is 0 Å². The summed E-state index contributed by atoms with van der Waals surface area (Å²) in [6.07, 6.45) is -0.237. The second-order valence-corrected chi connectivity index (χ2v) is 10.2. The first kappa shape index (κ1) is 20.5. The molecule has 0 bridgehead atoms. The van der Waals surface area contributed by atoms with E-state index in [1.807, 2.05) is 39.1 Å². The molecule has 0 saturated carbocycles. The Morgan fingerprint density at radius 1 is 1.35 bits per heavy atom. The molecule has 0 aliphatic carbocycles. The van der Waals surface area contributed by atoms with Crippen LogP contribution in [-0.4, -0.2) is 27.8 Å².